The highest BCUT2D eigenvalue weighted by Gasteiger charge is 2.51. The second-order valence-electron chi connectivity index (χ2n) is 5.61. The summed E-state index contributed by atoms with van der Waals surface area (Å²) in [6.45, 7) is 3.74. The van der Waals surface area contributed by atoms with Gasteiger partial charge in [0.2, 0.25) is 0 Å². The maximum atomic E-state index is 12.8. The molecule has 0 spiro atoms. The van der Waals surface area contributed by atoms with Crippen molar-refractivity contribution in [1.29, 1.82) is 0 Å². The van der Waals surface area contributed by atoms with Crippen molar-refractivity contribution in [2.24, 2.45) is 0 Å². The Labute approximate surface area is 119 Å². The summed E-state index contributed by atoms with van der Waals surface area (Å²) >= 11 is 0. The minimum atomic E-state index is -3.86. The molecule has 0 amide bonds. The number of benzene rings is 1. The Morgan fingerprint density at radius 1 is 1.10 bits per heavy atom. The van der Waals surface area contributed by atoms with E-state index in [0.717, 1.165) is 17.5 Å². The Morgan fingerprint density at radius 2 is 1.70 bits per heavy atom. The molecule has 1 aliphatic rings. The maximum absolute atomic E-state index is 12.8. The number of carboxylic acids is 1. The number of carbonyl (C=O) groups is 1. The molecule has 0 saturated heterocycles. The van der Waals surface area contributed by atoms with Crippen LogP contribution in [0.4, 0.5) is 0 Å². The lowest BCUT2D eigenvalue weighted by molar-refractivity contribution is -0.141. The molecule has 0 heterocycles. The number of rotatable bonds is 3. The molecule has 2 rings (SSSR count). The summed E-state index contributed by atoms with van der Waals surface area (Å²) in [5.41, 5.74) is 1.86. The van der Waals surface area contributed by atoms with Gasteiger partial charge in [-0.2, -0.15) is 0 Å². The Balaban J connectivity index is 2.56. The van der Waals surface area contributed by atoms with Crippen LogP contribution in [-0.2, 0) is 14.6 Å². The summed E-state index contributed by atoms with van der Waals surface area (Å²) in [7, 11) is -3.86. The van der Waals surface area contributed by atoms with E-state index in [1.165, 1.54) is 6.07 Å². The van der Waals surface area contributed by atoms with E-state index in [1.54, 1.807) is 12.1 Å². The monoisotopic (exact) mass is 296 g/mol. The molecule has 0 atom stereocenters. The minimum absolute atomic E-state index is 0.130. The normalized spacial score (nSPS) is 18.7. The fourth-order valence-electron chi connectivity index (χ4n) is 2.83. The van der Waals surface area contributed by atoms with Crippen LogP contribution < -0.4 is 0 Å². The number of carboxylic acid groups (broad SMARTS) is 1. The predicted molar refractivity (Wildman–Crippen MR) is 76.6 cm³/mol. The standard InChI is InChI=1S/C15H20O4S/c1-11-6-7-13(10-12(11)2)20(18,19)15(14(16)17)8-4-3-5-9-15/h6-7,10H,3-5,8-9H2,1-2H3,(H,16,17). The number of hydrogen-bond donors (Lipinski definition) is 1. The number of sulfone groups is 1. The maximum Gasteiger partial charge on any atom is 0.325 e. The highest BCUT2D eigenvalue weighted by molar-refractivity contribution is 7.93. The number of aryl methyl sites for hydroxylation is 2. The summed E-state index contributed by atoms with van der Waals surface area (Å²) in [5.74, 6) is -1.21. The van der Waals surface area contributed by atoms with E-state index in [4.69, 9.17) is 0 Å². The first kappa shape index (κ1) is 15.0. The third kappa shape index (κ3) is 2.24. The van der Waals surface area contributed by atoms with Gasteiger partial charge in [-0.05, 0) is 49.9 Å². The molecule has 0 radical (unpaired) electrons. The van der Waals surface area contributed by atoms with Crippen molar-refractivity contribution in [2.45, 2.75) is 55.6 Å². The van der Waals surface area contributed by atoms with Gasteiger partial charge in [0, 0.05) is 0 Å². The Bertz CT molecular complexity index is 625. The van der Waals surface area contributed by atoms with E-state index in [1.807, 2.05) is 13.8 Å². The lowest BCUT2D eigenvalue weighted by atomic mass is 9.88. The van der Waals surface area contributed by atoms with Gasteiger partial charge >= 0.3 is 5.97 Å². The summed E-state index contributed by atoms with van der Waals surface area (Å²) in [5, 5.41) is 9.53. The number of aliphatic carboxylic acids is 1. The van der Waals surface area contributed by atoms with E-state index >= 15 is 0 Å². The van der Waals surface area contributed by atoms with Crippen molar-refractivity contribution in [3.8, 4) is 0 Å². The Kier molecular flexibility index (Phi) is 3.91. The van der Waals surface area contributed by atoms with Crippen molar-refractivity contribution in [3.05, 3.63) is 29.3 Å². The summed E-state index contributed by atoms with van der Waals surface area (Å²) in [6, 6.07) is 4.85. The molecule has 0 bridgehead atoms. The van der Waals surface area contributed by atoms with Crippen molar-refractivity contribution in [3.63, 3.8) is 0 Å². The van der Waals surface area contributed by atoms with Gasteiger partial charge in [0.05, 0.1) is 4.90 Å². The molecule has 4 nitrogen and oxygen atoms in total. The third-order valence-corrected chi connectivity index (χ3v) is 6.84. The molecule has 110 valence electrons. The van der Waals surface area contributed by atoms with Crippen molar-refractivity contribution in [1.82, 2.24) is 0 Å². The molecule has 0 aromatic heterocycles. The van der Waals surface area contributed by atoms with Gasteiger partial charge in [-0.15, -0.1) is 0 Å². The van der Waals surface area contributed by atoms with Crippen molar-refractivity contribution >= 4 is 15.8 Å². The van der Waals surface area contributed by atoms with E-state index in [9.17, 15) is 18.3 Å². The fraction of sp³-hybridized carbons (Fsp3) is 0.533. The lowest BCUT2D eigenvalue weighted by Crippen LogP contribution is -2.47. The average Bonchev–Trinajstić information content (AvgIpc) is 2.42. The summed E-state index contributed by atoms with van der Waals surface area (Å²) in [6.07, 6.45) is 2.61. The molecular weight excluding hydrogens is 276 g/mol. The summed E-state index contributed by atoms with van der Waals surface area (Å²) < 4.78 is 24.0. The van der Waals surface area contributed by atoms with Crippen LogP contribution in [0.3, 0.4) is 0 Å². The Hall–Kier alpha value is -1.36. The van der Waals surface area contributed by atoms with Crippen LogP contribution in [0.5, 0.6) is 0 Å². The lowest BCUT2D eigenvalue weighted by Gasteiger charge is -2.32. The number of hydrogen-bond acceptors (Lipinski definition) is 3. The smallest absolute Gasteiger partial charge is 0.325 e. The van der Waals surface area contributed by atoms with Gasteiger partial charge in [0.15, 0.2) is 14.6 Å². The van der Waals surface area contributed by atoms with Crippen LogP contribution in [0.15, 0.2) is 23.1 Å². The van der Waals surface area contributed by atoms with Crippen LogP contribution in [0.25, 0.3) is 0 Å². The second-order valence-corrected chi connectivity index (χ2v) is 7.87. The van der Waals surface area contributed by atoms with Crippen molar-refractivity contribution < 1.29 is 18.3 Å². The SMILES string of the molecule is Cc1ccc(S(=O)(=O)C2(C(=O)O)CCCCC2)cc1C. The topological polar surface area (TPSA) is 71.4 Å². The Morgan fingerprint density at radius 3 is 2.20 bits per heavy atom. The van der Waals surface area contributed by atoms with Gasteiger partial charge in [-0.3, -0.25) is 4.79 Å². The quantitative estimate of drug-likeness (QED) is 0.931. The van der Waals surface area contributed by atoms with Crippen molar-refractivity contribution in [2.75, 3.05) is 0 Å². The molecule has 0 unspecified atom stereocenters. The minimum Gasteiger partial charge on any atom is -0.480 e. The van der Waals surface area contributed by atoms with Crippen LogP contribution in [0, 0.1) is 13.8 Å². The molecular formula is C15H20O4S. The van der Waals surface area contributed by atoms with Crippen LogP contribution in [0.1, 0.15) is 43.2 Å². The van der Waals surface area contributed by atoms with E-state index in [0.29, 0.717) is 12.8 Å². The molecule has 1 aliphatic carbocycles. The van der Waals surface area contributed by atoms with Gasteiger partial charge in [-0.25, -0.2) is 8.42 Å². The zero-order chi connectivity index (χ0) is 15.0. The van der Waals surface area contributed by atoms with Gasteiger partial charge in [0.1, 0.15) is 0 Å². The highest BCUT2D eigenvalue weighted by atomic mass is 32.2. The first-order chi connectivity index (χ1) is 9.31. The molecule has 20 heavy (non-hydrogen) atoms. The second kappa shape index (κ2) is 5.20. The molecule has 1 aromatic rings. The third-order valence-electron chi connectivity index (χ3n) is 4.35. The first-order valence-electron chi connectivity index (χ1n) is 6.86. The van der Waals surface area contributed by atoms with Gasteiger partial charge in [-0.1, -0.05) is 25.3 Å². The molecule has 1 aromatic carbocycles. The first-order valence-corrected chi connectivity index (χ1v) is 8.35. The van der Waals surface area contributed by atoms with Crippen LogP contribution in [0.2, 0.25) is 0 Å². The van der Waals surface area contributed by atoms with E-state index < -0.39 is 20.6 Å². The van der Waals surface area contributed by atoms with Gasteiger partial charge < -0.3 is 5.11 Å². The molecule has 1 saturated carbocycles. The fourth-order valence-corrected chi connectivity index (χ4v) is 4.91. The predicted octanol–water partition coefficient (Wildman–Crippen LogP) is 2.86. The molecule has 5 heteroatoms. The summed E-state index contributed by atoms with van der Waals surface area (Å²) in [4.78, 5) is 11.8. The molecule has 0 aliphatic heterocycles. The molecule has 1 N–H and O–H groups in total. The van der Waals surface area contributed by atoms with Gasteiger partial charge in [0.25, 0.3) is 0 Å². The highest BCUT2D eigenvalue weighted by Crippen LogP contribution is 2.39. The zero-order valence-corrected chi connectivity index (χ0v) is 12.7. The van der Waals surface area contributed by atoms with E-state index in [-0.39, 0.29) is 17.7 Å². The molecule has 1 fully saturated rings. The largest absolute Gasteiger partial charge is 0.480 e. The van der Waals surface area contributed by atoms with Crippen LogP contribution in [-0.4, -0.2) is 24.2 Å². The van der Waals surface area contributed by atoms with Crippen LogP contribution >= 0.6 is 0 Å². The van der Waals surface area contributed by atoms with E-state index in [2.05, 4.69) is 0 Å². The zero-order valence-electron chi connectivity index (χ0n) is 11.8. The average molecular weight is 296 g/mol.